The van der Waals surface area contributed by atoms with Gasteiger partial charge in [-0.2, -0.15) is 0 Å². The van der Waals surface area contributed by atoms with Crippen LogP contribution in [0.4, 0.5) is 8.78 Å². The average Bonchev–Trinajstić information content (AvgIpc) is 2.56. The lowest BCUT2D eigenvalue weighted by Crippen LogP contribution is -2.15. The lowest BCUT2D eigenvalue weighted by molar-refractivity contribution is 0.286. The van der Waals surface area contributed by atoms with Gasteiger partial charge in [-0.3, -0.25) is 0 Å². The van der Waals surface area contributed by atoms with Crippen molar-refractivity contribution in [3.63, 3.8) is 0 Å². The van der Waals surface area contributed by atoms with Gasteiger partial charge in [0, 0.05) is 0 Å². The second-order valence-corrected chi connectivity index (χ2v) is 5.71. The number of hydrogen-bond acceptors (Lipinski definition) is 0. The second kappa shape index (κ2) is 12.4. The Kier molecular flexibility index (Phi) is 11.7. The van der Waals surface area contributed by atoms with E-state index in [1.807, 2.05) is 39.8 Å². The predicted molar refractivity (Wildman–Crippen MR) is 93.0 cm³/mol. The molecule has 1 aromatic carbocycles. The van der Waals surface area contributed by atoms with E-state index in [1.165, 1.54) is 18.9 Å². The number of allylic oxidation sites excluding steroid dienone is 2. The Hall–Kier alpha value is -1.18. The average molecular weight is 310 g/mol. The van der Waals surface area contributed by atoms with Crippen molar-refractivity contribution in [2.24, 2.45) is 11.8 Å². The molecule has 1 aliphatic carbocycles. The van der Waals surface area contributed by atoms with Gasteiger partial charge in [-0.05, 0) is 56.6 Å². The lowest BCUT2D eigenvalue weighted by atomic mass is 9.80. The molecule has 1 fully saturated rings. The molecule has 1 aliphatic rings. The van der Waals surface area contributed by atoms with Gasteiger partial charge in [0.15, 0.2) is 11.6 Å². The normalized spacial score (nSPS) is 20.7. The van der Waals surface area contributed by atoms with Gasteiger partial charge in [-0.25, -0.2) is 8.78 Å². The van der Waals surface area contributed by atoms with Gasteiger partial charge in [0.05, 0.1) is 0 Å². The molecule has 0 aliphatic heterocycles. The summed E-state index contributed by atoms with van der Waals surface area (Å²) in [5, 5.41) is 0. The molecule has 2 rings (SSSR count). The van der Waals surface area contributed by atoms with Gasteiger partial charge in [-0.15, -0.1) is 0 Å². The van der Waals surface area contributed by atoms with E-state index < -0.39 is 11.6 Å². The van der Waals surface area contributed by atoms with E-state index in [1.54, 1.807) is 12.1 Å². The third kappa shape index (κ3) is 7.72. The first kappa shape index (κ1) is 20.8. The molecule has 1 aromatic rings. The Morgan fingerprint density at radius 3 is 2.05 bits per heavy atom. The van der Waals surface area contributed by atoms with Gasteiger partial charge >= 0.3 is 0 Å². The molecule has 0 radical (unpaired) electrons. The van der Waals surface area contributed by atoms with Crippen LogP contribution in [0.5, 0.6) is 0 Å². The van der Waals surface area contributed by atoms with E-state index in [4.69, 9.17) is 0 Å². The third-order valence-corrected chi connectivity index (χ3v) is 4.01. The molecule has 0 saturated heterocycles. The fourth-order valence-corrected chi connectivity index (χ4v) is 2.55. The molecule has 22 heavy (non-hydrogen) atoms. The van der Waals surface area contributed by atoms with Crippen molar-refractivity contribution in [3.8, 4) is 0 Å². The van der Waals surface area contributed by atoms with Crippen LogP contribution >= 0.6 is 0 Å². The van der Waals surface area contributed by atoms with E-state index in [2.05, 4.69) is 6.92 Å². The Morgan fingerprint density at radius 2 is 1.55 bits per heavy atom. The minimum absolute atomic E-state index is 0.535. The summed E-state index contributed by atoms with van der Waals surface area (Å²) in [5.74, 6) is -0.0381. The molecule has 0 aromatic heterocycles. The first-order chi connectivity index (χ1) is 10.6. The molecule has 1 saturated carbocycles. The Labute approximate surface area is 135 Å². The van der Waals surface area contributed by atoms with Crippen molar-refractivity contribution in [1.29, 1.82) is 0 Å². The van der Waals surface area contributed by atoms with Crippen LogP contribution in [-0.2, 0) is 6.42 Å². The summed E-state index contributed by atoms with van der Waals surface area (Å²) < 4.78 is 26.5. The number of halogens is 2. The molecular weight excluding hydrogens is 278 g/mol. The zero-order valence-corrected chi connectivity index (χ0v) is 14.8. The highest BCUT2D eigenvalue weighted by atomic mass is 19.2. The van der Waals surface area contributed by atoms with Crippen LogP contribution in [0.3, 0.4) is 0 Å². The van der Waals surface area contributed by atoms with E-state index in [-0.39, 0.29) is 0 Å². The molecule has 0 bridgehead atoms. The number of hydrogen-bond donors (Lipinski definition) is 0. The lowest BCUT2D eigenvalue weighted by Gasteiger charge is -2.26. The van der Waals surface area contributed by atoms with Crippen LogP contribution in [0.15, 0.2) is 30.4 Å². The van der Waals surface area contributed by atoms with Crippen molar-refractivity contribution < 1.29 is 8.78 Å². The van der Waals surface area contributed by atoms with E-state index >= 15 is 0 Å². The van der Waals surface area contributed by atoms with E-state index in [0.717, 1.165) is 18.8 Å². The smallest absolute Gasteiger partial charge is 0.162 e. The largest absolute Gasteiger partial charge is 0.204 e. The van der Waals surface area contributed by atoms with E-state index in [9.17, 15) is 8.78 Å². The highest BCUT2D eigenvalue weighted by Gasteiger charge is 2.20. The predicted octanol–water partition coefficient (Wildman–Crippen LogP) is 6.94. The topological polar surface area (TPSA) is 0 Å². The monoisotopic (exact) mass is 310 g/mol. The van der Waals surface area contributed by atoms with Crippen molar-refractivity contribution in [2.75, 3.05) is 0 Å². The van der Waals surface area contributed by atoms with Gasteiger partial charge in [-0.1, -0.05) is 57.9 Å². The summed E-state index contributed by atoms with van der Waals surface area (Å²) >= 11 is 0. The molecule has 0 nitrogen and oxygen atoms in total. The summed E-state index contributed by atoms with van der Waals surface area (Å²) in [6, 6.07) is 4.48. The second-order valence-electron chi connectivity index (χ2n) is 5.71. The molecular formula is C20H32F2. The number of benzene rings is 1. The zero-order valence-electron chi connectivity index (χ0n) is 14.8. The van der Waals surface area contributed by atoms with Crippen LogP contribution in [0, 0.1) is 23.5 Å². The molecule has 0 unspecified atom stereocenters. The molecule has 0 atom stereocenters. The molecule has 0 amide bonds. The van der Waals surface area contributed by atoms with Crippen LogP contribution in [0.1, 0.15) is 65.9 Å². The quantitative estimate of drug-likeness (QED) is 0.519. The molecule has 126 valence electrons. The molecule has 0 heterocycles. The van der Waals surface area contributed by atoms with Crippen LogP contribution in [0.25, 0.3) is 0 Å². The first-order valence-corrected chi connectivity index (χ1v) is 8.58. The van der Waals surface area contributed by atoms with Crippen molar-refractivity contribution in [3.05, 3.63) is 47.5 Å². The Bertz CT molecular complexity index is 412. The van der Waals surface area contributed by atoms with Crippen LogP contribution in [0.2, 0.25) is 0 Å². The third-order valence-electron chi connectivity index (χ3n) is 4.01. The molecule has 0 N–H and O–H groups in total. The van der Waals surface area contributed by atoms with Crippen molar-refractivity contribution in [1.82, 2.24) is 0 Å². The molecule has 2 heteroatoms. The maximum atomic E-state index is 13.5. The van der Waals surface area contributed by atoms with Crippen LogP contribution < -0.4 is 0 Å². The minimum Gasteiger partial charge on any atom is -0.204 e. The van der Waals surface area contributed by atoms with E-state index in [0.29, 0.717) is 17.9 Å². The maximum absolute atomic E-state index is 13.5. The summed E-state index contributed by atoms with van der Waals surface area (Å²) in [4.78, 5) is 0. The highest BCUT2D eigenvalue weighted by molar-refractivity contribution is 5.19. The minimum atomic E-state index is -0.721. The van der Waals surface area contributed by atoms with Gasteiger partial charge in [0.25, 0.3) is 0 Å². The SMILES string of the molecule is C/C=C\C.CC.CC1CCC(Cc2cccc(F)c2F)CC1. The molecule has 0 spiro atoms. The van der Waals surface area contributed by atoms with Crippen LogP contribution in [-0.4, -0.2) is 0 Å². The fourth-order valence-electron chi connectivity index (χ4n) is 2.55. The first-order valence-electron chi connectivity index (χ1n) is 8.58. The van der Waals surface area contributed by atoms with Crippen molar-refractivity contribution in [2.45, 2.75) is 66.7 Å². The van der Waals surface area contributed by atoms with Gasteiger partial charge in [0.1, 0.15) is 0 Å². The zero-order chi connectivity index (χ0) is 17.0. The Balaban J connectivity index is 0.000000640. The summed E-state index contributed by atoms with van der Waals surface area (Å²) in [5.41, 5.74) is 0.541. The maximum Gasteiger partial charge on any atom is 0.162 e. The summed E-state index contributed by atoms with van der Waals surface area (Å²) in [6.45, 7) is 10.3. The van der Waals surface area contributed by atoms with Gasteiger partial charge in [0.2, 0.25) is 0 Å². The standard InChI is InChI=1S/C14H18F2.C4H8.C2H6/c1-10-5-7-11(8-6-10)9-12-3-2-4-13(15)14(12)16;1-3-4-2;1-2/h2-4,10-11H,5-9H2,1H3;3-4H,1-2H3;1-2H3/b;4-3-;. The van der Waals surface area contributed by atoms with Gasteiger partial charge < -0.3 is 0 Å². The highest BCUT2D eigenvalue weighted by Crippen LogP contribution is 2.31. The number of rotatable bonds is 2. The summed E-state index contributed by atoms with van der Waals surface area (Å²) in [6.07, 6.45) is 9.44. The Morgan fingerprint density at radius 1 is 1.00 bits per heavy atom. The fraction of sp³-hybridized carbons (Fsp3) is 0.600. The summed E-state index contributed by atoms with van der Waals surface area (Å²) in [7, 11) is 0. The van der Waals surface area contributed by atoms with Crippen molar-refractivity contribution >= 4 is 0 Å².